The molecule has 0 saturated heterocycles. The highest BCUT2D eigenvalue weighted by atomic mass is 35.5. The number of ether oxygens (including phenoxy) is 2. The minimum absolute atomic E-state index is 0.235. The minimum atomic E-state index is -0.510. The van der Waals surface area contributed by atoms with E-state index in [0.29, 0.717) is 21.3 Å². The third kappa shape index (κ3) is 4.78. The number of carbonyl (C=O) groups excluding carboxylic acids is 2. The summed E-state index contributed by atoms with van der Waals surface area (Å²) in [5.41, 5.74) is 4.09. The molecule has 0 radical (unpaired) electrons. The Balaban J connectivity index is 1.85. The van der Waals surface area contributed by atoms with Gasteiger partial charge in [-0.2, -0.15) is 0 Å². The number of amides is 1. The summed E-state index contributed by atoms with van der Waals surface area (Å²) >= 11 is 7.30. The molecule has 1 N–H and O–H groups in total. The molecule has 5 nitrogen and oxygen atoms in total. The van der Waals surface area contributed by atoms with Crippen LogP contribution in [0, 0.1) is 13.8 Å². The molecule has 3 aromatic rings. The van der Waals surface area contributed by atoms with Gasteiger partial charge in [-0.3, -0.25) is 4.79 Å². The summed E-state index contributed by atoms with van der Waals surface area (Å²) in [6, 6.07) is 12.9. The van der Waals surface area contributed by atoms with E-state index in [1.165, 1.54) is 18.4 Å². The Labute approximate surface area is 178 Å². The Hall–Kier alpha value is -2.83. The Bertz CT molecular complexity index is 1060. The lowest BCUT2D eigenvalue weighted by Gasteiger charge is -2.11. The average Bonchev–Trinajstić information content (AvgIpc) is 3.11. The van der Waals surface area contributed by atoms with Crippen molar-refractivity contribution in [3.05, 3.63) is 69.6 Å². The van der Waals surface area contributed by atoms with Crippen molar-refractivity contribution >= 4 is 39.8 Å². The number of anilines is 1. The third-order valence-corrected chi connectivity index (χ3v) is 5.52. The SMILES string of the molecule is COC(=O)c1c(-c2cc(C)ccc2C)csc1NC(=O)COc1ccccc1Cl. The number of carbonyl (C=O) groups is 2. The Morgan fingerprint density at radius 2 is 1.86 bits per heavy atom. The van der Waals surface area contributed by atoms with E-state index in [-0.39, 0.29) is 6.61 Å². The van der Waals surface area contributed by atoms with Gasteiger partial charge in [0.15, 0.2) is 6.61 Å². The molecule has 0 bridgehead atoms. The zero-order valence-corrected chi connectivity index (χ0v) is 17.8. The fraction of sp³-hybridized carbons (Fsp3) is 0.182. The highest BCUT2D eigenvalue weighted by molar-refractivity contribution is 7.15. The fourth-order valence-corrected chi connectivity index (χ4v) is 4.00. The molecule has 0 aliphatic carbocycles. The maximum Gasteiger partial charge on any atom is 0.341 e. The molecule has 0 saturated carbocycles. The normalized spacial score (nSPS) is 10.5. The van der Waals surface area contributed by atoms with Crippen LogP contribution in [0.25, 0.3) is 11.1 Å². The Morgan fingerprint density at radius 3 is 2.59 bits per heavy atom. The average molecular weight is 430 g/mol. The molecular weight excluding hydrogens is 410 g/mol. The van der Waals surface area contributed by atoms with E-state index in [0.717, 1.165) is 22.3 Å². The molecule has 7 heteroatoms. The van der Waals surface area contributed by atoms with E-state index in [1.807, 2.05) is 37.4 Å². The van der Waals surface area contributed by atoms with Crippen LogP contribution in [0.15, 0.2) is 47.8 Å². The number of hydrogen-bond acceptors (Lipinski definition) is 5. The third-order valence-electron chi connectivity index (χ3n) is 4.31. The number of hydrogen-bond donors (Lipinski definition) is 1. The second-order valence-corrected chi connectivity index (χ2v) is 7.72. The first-order valence-corrected chi connectivity index (χ1v) is 10.1. The highest BCUT2D eigenvalue weighted by Gasteiger charge is 2.23. The van der Waals surface area contributed by atoms with Crippen molar-refractivity contribution in [2.75, 3.05) is 19.0 Å². The van der Waals surface area contributed by atoms with Gasteiger partial charge in [0.05, 0.1) is 12.1 Å². The summed E-state index contributed by atoms with van der Waals surface area (Å²) in [5, 5.41) is 5.43. The van der Waals surface area contributed by atoms with Crippen LogP contribution in [0.4, 0.5) is 5.00 Å². The molecule has 1 heterocycles. The van der Waals surface area contributed by atoms with Gasteiger partial charge in [-0.25, -0.2) is 4.79 Å². The number of benzene rings is 2. The van der Waals surface area contributed by atoms with Crippen LogP contribution < -0.4 is 10.1 Å². The molecule has 0 unspecified atom stereocenters. The summed E-state index contributed by atoms with van der Waals surface area (Å²) in [4.78, 5) is 24.9. The summed E-state index contributed by atoms with van der Waals surface area (Å²) in [5.74, 6) is -0.492. The minimum Gasteiger partial charge on any atom is -0.482 e. The Morgan fingerprint density at radius 1 is 1.10 bits per heavy atom. The van der Waals surface area contributed by atoms with Gasteiger partial charge in [0.2, 0.25) is 0 Å². The van der Waals surface area contributed by atoms with E-state index in [9.17, 15) is 9.59 Å². The van der Waals surface area contributed by atoms with Crippen molar-refractivity contribution in [1.82, 2.24) is 0 Å². The van der Waals surface area contributed by atoms with E-state index < -0.39 is 11.9 Å². The van der Waals surface area contributed by atoms with Gasteiger partial charge in [-0.1, -0.05) is 47.5 Å². The van der Waals surface area contributed by atoms with E-state index in [1.54, 1.807) is 24.3 Å². The van der Waals surface area contributed by atoms with Gasteiger partial charge in [0, 0.05) is 10.9 Å². The molecule has 150 valence electrons. The summed E-state index contributed by atoms with van der Waals surface area (Å²) in [6.45, 7) is 3.73. The topological polar surface area (TPSA) is 64.6 Å². The maximum atomic E-state index is 12.5. The number of esters is 1. The molecule has 0 fully saturated rings. The van der Waals surface area contributed by atoms with E-state index >= 15 is 0 Å². The number of halogens is 1. The number of rotatable bonds is 6. The molecule has 1 aromatic heterocycles. The first-order valence-electron chi connectivity index (χ1n) is 8.85. The number of aryl methyl sites for hydroxylation is 2. The van der Waals surface area contributed by atoms with Gasteiger partial charge in [0.25, 0.3) is 5.91 Å². The highest BCUT2D eigenvalue weighted by Crippen LogP contribution is 2.38. The van der Waals surface area contributed by atoms with Gasteiger partial charge in [0.1, 0.15) is 16.3 Å². The van der Waals surface area contributed by atoms with Crippen molar-refractivity contribution < 1.29 is 19.1 Å². The molecule has 3 rings (SSSR count). The van der Waals surface area contributed by atoms with Crippen LogP contribution >= 0.6 is 22.9 Å². The first-order chi connectivity index (χ1) is 13.9. The molecule has 1 amide bonds. The summed E-state index contributed by atoms with van der Waals surface area (Å²) in [7, 11) is 1.32. The van der Waals surface area contributed by atoms with Crippen molar-refractivity contribution in [2.24, 2.45) is 0 Å². The van der Waals surface area contributed by atoms with E-state index in [2.05, 4.69) is 5.32 Å². The smallest absolute Gasteiger partial charge is 0.341 e. The fourth-order valence-electron chi connectivity index (χ4n) is 2.85. The van der Waals surface area contributed by atoms with Crippen LogP contribution in [-0.4, -0.2) is 25.6 Å². The van der Waals surface area contributed by atoms with Crippen LogP contribution in [0.2, 0.25) is 5.02 Å². The zero-order chi connectivity index (χ0) is 21.0. The van der Waals surface area contributed by atoms with Crippen molar-refractivity contribution in [3.8, 4) is 16.9 Å². The molecule has 29 heavy (non-hydrogen) atoms. The molecular formula is C22H20ClNO4S. The standard InChI is InChI=1S/C22H20ClNO4S/c1-13-8-9-14(2)15(10-13)16-12-29-21(20(16)22(26)27-3)24-19(25)11-28-18-7-5-4-6-17(18)23/h4-10,12H,11H2,1-3H3,(H,24,25). The van der Waals surface area contributed by atoms with Crippen molar-refractivity contribution in [1.29, 1.82) is 0 Å². The second kappa shape index (κ2) is 9.11. The van der Waals surface area contributed by atoms with E-state index in [4.69, 9.17) is 21.1 Å². The number of methoxy groups -OCH3 is 1. The first kappa shape index (κ1) is 20.9. The predicted molar refractivity (Wildman–Crippen MR) is 116 cm³/mol. The Kier molecular flexibility index (Phi) is 6.56. The van der Waals surface area contributed by atoms with Crippen LogP contribution in [0.3, 0.4) is 0 Å². The molecule has 0 spiro atoms. The van der Waals surface area contributed by atoms with Crippen molar-refractivity contribution in [2.45, 2.75) is 13.8 Å². The lowest BCUT2D eigenvalue weighted by molar-refractivity contribution is -0.118. The molecule has 0 atom stereocenters. The predicted octanol–water partition coefficient (Wildman–Crippen LogP) is 5.49. The quantitative estimate of drug-likeness (QED) is 0.526. The van der Waals surface area contributed by atoms with Gasteiger partial charge in [-0.05, 0) is 37.1 Å². The van der Waals surface area contributed by atoms with Gasteiger partial charge in [-0.15, -0.1) is 11.3 Å². The molecule has 0 aliphatic heterocycles. The van der Waals surface area contributed by atoms with Gasteiger partial charge < -0.3 is 14.8 Å². The maximum absolute atomic E-state index is 12.5. The van der Waals surface area contributed by atoms with Crippen LogP contribution in [0.5, 0.6) is 5.75 Å². The number of nitrogens with one attached hydrogen (secondary N) is 1. The lowest BCUT2D eigenvalue weighted by atomic mass is 9.97. The van der Waals surface area contributed by atoms with Crippen LogP contribution in [0.1, 0.15) is 21.5 Å². The van der Waals surface area contributed by atoms with Gasteiger partial charge >= 0.3 is 5.97 Å². The number of thiophene rings is 1. The number of para-hydroxylation sites is 1. The van der Waals surface area contributed by atoms with Crippen molar-refractivity contribution in [3.63, 3.8) is 0 Å². The monoisotopic (exact) mass is 429 g/mol. The zero-order valence-electron chi connectivity index (χ0n) is 16.2. The van der Waals surface area contributed by atoms with Crippen LogP contribution in [-0.2, 0) is 9.53 Å². The largest absolute Gasteiger partial charge is 0.482 e. The lowest BCUT2D eigenvalue weighted by Crippen LogP contribution is -2.21. The summed E-state index contributed by atoms with van der Waals surface area (Å²) in [6.07, 6.45) is 0. The molecule has 0 aliphatic rings. The molecule has 2 aromatic carbocycles. The summed E-state index contributed by atoms with van der Waals surface area (Å²) < 4.78 is 10.4. The second-order valence-electron chi connectivity index (χ2n) is 6.43.